The average Bonchev–Trinajstić information content (AvgIpc) is 2.71. The molecule has 1 N–H and O–H groups in total. The molecule has 2 aromatic rings. The van der Waals surface area contributed by atoms with Crippen LogP contribution in [0.3, 0.4) is 0 Å². The maximum Gasteiger partial charge on any atom is 0.304 e. The van der Waals surface area contributed by atoms with E-state index in [0.717, 1.165) is 51.1 Å². The van der Waals surface area contributed by atoms with Crippen molar-refractivity contribution in [3.63, 3.8) is 0 Å². The van der Waals surface area contributed by atoms with Crippen molar-refractivity contribution in [3.8, 4) is 5.75 Å². The first kappa shape index (κ1) is 19.4. The third kappa shape index (κ3) is 6.40. The minimum Gasteiger partial charge on any atom is -0.494 e. The van der Waals surface area contributed by atoms with Crippen LogP contribution in [0, 0.1) is 0 Å². The Morgan fingerprint density at radius 1 is 1.04 bits per heavy atom. The first-order valence-corrected chi connectivity index (χ1v) is 9.91. The van der Waals surface area contributed by atoms with E-state index >= 15 is 0 Å². The van der Waals surface area contributed by atoms with Crippen LogP contribution in [0.4, 0.5) is 0 Å². The van der Waals surface area contributed by atoms with Crippen molar-refractivity contribution in [2.45, 2.75) is 38.0 Å². The monoisotopic (exact) mass is 367 g/mol. The van der Waals surface area contributed by atoms with E-state index in [9.17, 15) is 4.79 Å². The van der Waals surface area contributed by atoms with Crippen LogP contribution in [0.15, 0.2) is 54.6 Å². The minimum atomic E-state index is -0.712. The normalized spacial score (nSPS) is 15.6. The lowest BCUT2D eigenvalue weighted by Gasteiger charge is -2.31. The molecule has 0 saturated carbocycles. The van der Waals surface area contributed by atoms with Gasteiger partial charge in [-0.15, -0.1) is 0 Å². The third-order valence-corrected chi connectivity index (χ3v) is 5.30. The molecular weight excluding hydrogens is 338 g/mol. The maximum atomic E-state index is 10.7. The summed E-state index contributed by atoms with van der Waals surface area (Å²) in [6, 6.07) is 19.0. The van der Waals surface area contributed by atoms with Gasteiger partial charge in [0.05, 0.1) is 13.0 Å². The zero-order valence-corrected chi connectivity index (χ0v) is 15.8. The molecular formula is C23H29NO3. The van der Waals surface area contributed by atoms with Gasteiger partial charge >= 0.3 is 5.97 Å². The molecule has 0 spiro atoms. The standard InChI is InChI=1S/C23H29NO3/c25-23(26)14-17-24-15-12-21(13-16-24)20-8-10-22(11-9-20)27-18-4-7-19-5-2-1-3-6-19/h1-3,5-6,8-11,21H,4,7,12-18H2,(H,25,26). The Balaban J connectivity index is 1.38. The van der Waals surface area contributed by atoms with Crippen molar-refractivity contribution >= 4 is 5.97 Å². The van der Waals surface area contributed by atoms with Crippen molar-refractivity contribution in [2.75, 3.05) is 26.2 Å². The Morgan fingerprint density at radius 2 is 1.74 bits per heavy atom. The molecule has 144 valence electrons. The molecule has 0 atom stereocenters. The molecule has 0 unspecified atom stereocenters. The molecule has 4 heteroatoms. The molecule has 3 rings (SSSR count). The van der Waals surface area contributed by atoms with Crippen LogP contribution in [0.1, 0.15) is 42.7 Å². The SMILES string of the molecule is O=C(O)CCN1CCC(c2ccc(OCCCc3ccccc3)cc2)CC1. The topological polar surface area (TPSA) is 49.8 Å². The van der Waals surface area contributed by atoms with Crippen LogP contribution >= 0.6 is 0 Å². The highest BCUT2D eigenvalue weighted by atomic mass is 16.5. The molecule has 0 aromatic heterocycles. The molecule has 0 bridgehead atoms. The van der Waals surface area contributed by atoms with Gasteiger partial charge in [0.1, 0.15) is 5.75 Å². The number of ether oxygens (including phenoxy) is 1. The molecule has 1 aliphatic heterocycles. The Hall–Kier alpha value is -2.33. The second-order valence-corrected chi connectivity index (χ2v) is 7.27. The number of hydrogen-bond acceptors (Lipinski definition) is 3. The first-order valence-electron chi connectivity index (χ1n) is 9.91. The fourth-order valence-electron chi connectivity index (χ4n) is 3.69. The van der Waals surface area contributed by atoms with Crippen LogP contribution < -0.4 is 4.74 Å². The number of likely N-dealkylation sites (tertiary alicyclic amines) is 1. The van der Waals surface area contributed by atoms with Gasteiger partial charge in [-0.05, 0) is 68.0 Å². The van der Waals surface area contributed by atoms with Gasteiger partial charge in [0.25, 0.3) is 0 Å². The van der Waals surface area contributed by atoms with Gasteiger partial charge < -0.3 is 14.7 Å². The molecule has 0 amide bonds. The third-order valence-electron chi connectivity index (χ3n) is 5.30. The van der Waals surface area contributed by atoms with Crippen LogP contribution in [0.5, 0.6) is 5.75 Å². The Bertz CT molecular complexity index is 691. The molecule has 1 heterocycles. The van der Waals surface area contributed by atoms with Crippen LogP contribution in [-0.4, -0.2) is 42.2 Å². The summed E-state index contributed by atoms with van der Waals surface area (Å²) in [5, 5.41) is 8.80. The quantitative estimate of drug-likeness (QED) is 0.669. The summed E-state index contributed by atoms with van der Waals surface area (Å²) in [7, 11) is 0. The molecule has 0 radical (unpaired) electrons. The zero-order valence-electron chi connectivity index (χ0n) is 15.8. The van der Waals surface area contributed by atoms with Crippen molar-refractivity contribution in [2.24, 2.45) is 0 Å². The van der Waals surface area contributed by atoms with Gasteiger partial charge in [0.15, 0.2) is 0 Å². The zero-order chi connectivity index (χ0) is 18.9. The van der Waals surface area contributed by atoms with Gasteiger partial charge in [-0.2, -0.15) is 0 Å². The van der Waals surface area contributed by atoms with E-state index in [4.69, 9.17) is 9.84 Å². The Labute approximate surface area is 161 Å². The van der Waals surface area contributed by atoms with E-state index in [0.29, 0.717) is 12.5 Å². The Kier molecular flexibility index (Phi) is 7.28. The first-order chi connectivity index (χ1) is 13.2. The highest BCUT2D eigenvalue weighted by Crippen LogP contribution is 2.29. The number of nitrogens with zero attached hydrogens (tertiary/aromatic N) is 1. The summed E-state index contributed by atoms with van der Waals surface area (Å²) < 4.78 is 5.88. The number of rotatable bonds is 9. The van der Waals surface area contributed by atoms with Crippen LogP contribution in [0.2, 0.25) is 0 Å². The number of carboxylic acid groups (broad SMARTS) is 1. The summed E-state index contributed by atoms with van der Waals surface area (Å²) in [6.07, 6.45) is 4.48. The molecule has 2 aromatic carbocycles. The Morgan fingerprint density at radius 3 is 2.41 bits per heavy atom. The lowest BCUT2D eigenvalue weighted by atomic mass is 9.89. The van der Waals surface area contributed by atoms with Crippen LogP contribution in [0.25, 0.3) is 0 Å². The summed E-state index contributed by atoms with van der Waals surface area (Å²) in [5.74, 6) is 0.792. The number of hydrogen-bond donors (Lipinski definition) is 1. The second-order valence-electron chi connectivity index (χ2n) is 7.27. The lowest BCUT2D eigenvalue weighted by Crippen LogP contribution is -2.34. The molecule has 4 nitrogen and oxygen atoms in total. The number of benzene rings is 2. The van der Waals surface area contributed by atoms with E-state index in [1.807, 2.05) is 6.07 Å². The van der Waals surface area contributed by atoms with Crippen molar-refractivity contribution < 1.29 is 14.6 Å². The predicted octanol–water partition coefficient (Wildman–Crippen LogP) is 4.35. The fraction of sp³-hybridized carbons (Fsp3) is 0.435. The van der Waals surface area contributed by atoms with E-state index in [1.165, 1.54) is 11.1 Å². The summed E-state index contributed by atoms with van der Waals surface area (Å²) in [6.45, 7) is 3.36. The second kappa shape index (κ2) is 10.1. The number of aliphatic carboxylic acids is 1. The smallest absolute Gasteiger partial charge is 0.304 e. The van der Waals surface area contributed by atoms with E-state index in [-0.39, 0.29) is 6.42 Å². The number of aryl methyl sites for hydroxylation is 1. The van der Waals surface area contributed by atoms with Gasteiger partial charge in [0, 0.05) is 6.54 Å². The van der Waals surface area contributed by atoms with Gasteiger partial charge in [0.2, 0.25) is 0 Å². The molecule has 1 aliphatic rings. The number of piperidine rings is 1. The largest absolute Gasteiger partial charge is 0.494 e. The highest BCUT2D eigenvalue weighted by molar-refractivity contribution is 5.66. The number of carbonyl (C=O) groups is 1. The fourth-order valence-corrected chi connectivity index (χ4v) is 3.69. The molecule has 1 fully saturated rings. The summed E-state index contributed by atoms with van der Waals surface area (Å²) in [4.78, 5) is 12.9. The molecule has 0 aliphatic carbocycles. The predicted molar refractivity (Wildman–Crippen MR) is 107 cm³/mol. The van der Waals surface area contributed by atoms with Gasteiger partial charge in [-0.25, -0.2) is 0 Å². The van der Waals surface area contributed by atoms with Gasteiger partial charge in [-0.3, -0.25) is 4.79 Å². The minimum absolute atomic E-state index is 0.237. The summed E-state index contributed by atoms with van der Waals surface area (Å²) in [5.41, 5.74) is 2.72. The average molecular weight is 367 g/mol. The maximum absolute atomic E-state index is 10.7. The lowest BCUT2D eigenvalue weighted by molar-refractivity contribution is -0.137. The van der Waals surface area contributed by atoms with Crippen molar-refractivity contribution in [1.82, 2.24) is 4.90 Å². The molecule has 1 saturated heterocycles. The van der Waals surface area contributed by atoms with Crippen molar-refractivity contribution in [1.29, 1.82) is 0 Å². The highest BCUT2D eigenvalue weighted by Gasteiger charge is 2.20. The van der Waals surface area contributed by atoms with E-state index in [2.05, 4.69) is 53.4 Å². The van der Waals surface area contributed by atoms with Gasteiger partial charge in [-0.1, -0.05) is 42.5 Å². The molecule has 27 heavy (non-hydrogen) atoms. The van der Waals surface area contributed by atoms with E-state index in [1.54, 1.807) is 0 Å². The van der Waals surface area contributed by atoms with Crippen LogP contribution in [-0.2, 0) is 11.2 Å². The summed E-state index contributed by atoms with van der Waals surface area (Å²) >= 11 is 0. The number of carboxylic acids is 1. The van der Waals surface area contributed by atoms with Crippen molar-refractivity contribution in [3.05, 3.63) is 65.7 Å². The van der Waals surface area contributed by atoms with E-state index < -0.39 is 5.97 Å².